The molecular weight excluding hydrogens is 362 g/mol. The lowest BCUT2D eigenvalue weighted by Crippen LogP contribution is -2.39. The molecule has 1 aliphatic rings. The van der Waals surface area contributed by atoms with E-state index in [1.807, 2.05) is 36.4 Å². The summed E-state index contributed by atoms with van der Waals surface area (Å²) in [6.45, 7) is 2.75. The van der Waals surface area contributed by atoms with Gasteiger partial charge in [0.2, 0.25) is 5.79 Å². The molecule has 0 amide bonds. The first-order valence-corrected chi connectivity index (χ1v) is 8.83. The third-order valence-corrected chi connectivity index (χ3v) is 4.61. The minimum Gasteiger partial charge on any atom is -0.473 e. The summed E-state index contributed by atoms with van der Waals surface area (Å²) in [6, 6.07) is 20.7. The van der Waals surface area contributed by atoms with Crippen LogP contribution in [0.5, 0.6) is 0 Å². The highest BCUT2D eigenvalue weighted by Gasteiger charge is 2.46. The van der Waals surface area contributed by atoms with Gasteiger partial charge in [-0.15, -0.1) is 0 Å². The fraction of sp³-hybridized carbons (Fsp3) is 0.333. The third kappa shape index (κ3) is 4.95. The van der Waals surface area contributed by atoms with E-state index in [0.717, 1.165) is 11.1 Å². The van der Waals surface area contributed by atoms with Crippen molar-refractivity contribution in [2.75, 3.05) is 20.7 Å². The predicted molar refractivity (Wildman–Crippen MR) is 103 cm³/mol. The van der Waals surface area contributed by atoms with Crippen LogP contribution in [0.15, 0.2) is 60.7 Å². The summed E-state index contributed by atoms with van der Waals surface area (Å²) in [5.74, 6) is -4.46. The molecule has 0 aliphatic carbocycles. The third-order valence-electron chi connectivity index (χ3n) is 4.61. The maximum atomic E-state index is 9.10. The maximum absolute atomic E-state index is 9.10. The van der Waals surface area contributed by atoms with E-state index in [2.05, 4.69) is 50.2 Å². The fourth-order valence-corrected chi connectivity index (χ4v) is 2.84. The first-order valence-electron chi connectivity index (χ1n) is 8.83. The second-order valence-electron chi connectivity index (χ2n) is 6.63. The van der Waals surface area contributed by atoms with Crippen molar-refractivity contribution in [1.29, 1.82) is 0 Å². The molecule has 2 aromatic carbocycles. The van der Waals surface area contributed by atoms with E-state index < -0.39 is 17.7 Å². The zero-order valence-electron chi connectivity index (χ0n) is 16.1. The van der Waals surface area contributed by atoms with E-state index >= 15 is 0 Å². The van der Waals surface area contributed by atoms with Gasteiger partial charge in [0.15, 0.2) is 0 Å². The van der Waals surface area contributed by atoms with Crippen LogP contribution in [0.1, 0.15) is 18.1 Å². The Kier molecular flexibility index (Phi) is 7.28. The molecule has 0 spiro atoms. The molecule has 3 rings (SSSR count). The minimum absolute atomic E-state index is 0.0374. The average Bonchev–Trinajstić information content (AvgIpc) is 3.15. The number of carboxylic acid groups (broad SMARTS) is 2. The highest BCUT2D eigenvalue weighted by Crippen LogP contribution is 2.41. The quantitative estimate of drug-likeness (QED) is 0.778. The molecule has 0 saturated carbocycles. The van der Waals surface area contributed by atoms with Crippen molar-refractivity contribution in [3.8, 4) is 0 Å². The lowest BCUT2D eigenvalue weighted by Gasteiger charge is -2.31. The van der Waals surface area contributed by atoms with Gasteiger partial charge in [-0.05, 0) is 21.0 Å². The first kappa shape index (κ1) is 21.6. The number of hydrogen-bond donors (Lipinski definition) is 2. The molecule has 1 saturated heterocycles. The molecule has 1 aliphatic heterocycles. The van der Waals surface area contributed by atoms with E-state index in [9.17, 15) is 0 Å². The highest BCUT2D eigenvalue weighted by atomic mass is 16.7. The molecule has 7 nitrogen and oxygen atoms in total. The number of benzene rings is 2. The SMILES string of the molecule is C[C@H](C1COC(c2ccccc2)(c2ccccc2)O1)N(C)C.O=C(O)C(=O)O. The van der Waals surface area contributed by atoms with Crippen LogP contribution in [0.3, 0.4) is 0 Å². The van der Waals surface area contributed by atoms with Crippen LogP contribution in [0.25, 0.3) is 0 Å². The van der Waals surface area contributed by atoms with Gasteiger partial charge in [-0.25, -0.2) is 9.59 Å². The molecule has 7 heteroatoms. The van der Waals surface area contributed by atoms with E-state index in [4.69, 9.17) is 29.3 Å². The Bertz CT molecular complexity index is 726. The summed E-state index contributed by atoms with van der Waals surface area (Å²) in [6.07, 6.45) is 0.0374. The zero-order chi connectivity index (χ0) is 20.7. The van der Waals surface area contributed by atoms with Crippen LogP contribution >= 0.6 is 0 Å². The lowest BCUT2D eigenvalue weighted by molar-refractivity contribution is -0.159. The van der Waals surface area contributed by atoms with Gasteiger partial charge in [-0.3, -0.25) is 0 Å². The summed E-state index contributed by atoms with van der Waals surface area (Å²) in [4.78, 5) is 20.4. The van der Waals surface area contributed by atoms with Crippen LogP contribution < -0.4 is 0 Å². The smallest absolute Gasteiger partial charge is 0.414 e. The summed E-state index contributed by atoms with van der Waals surface area (Å²) >= 11 is 0. The average molecular weight is 387 g/mol. The zero-order valence-corrected chi connectivity index (χ0v) is 16.1. The van der Waals surface area contributed by atoms with E-state index in [0.29, 0.717) is 6.61 Å². The van der Waals surface area contributed by atoms with Crippen LogP contribution in [-0.2, 0) is 24.8 Å². The van der Waals surface area contributed by atoms with Gasteiger partial charge in [-0.2, -0.15) is 0 Å². The minimum atomic E-state index is -1.82. The number of likely N-dealkylation sites (N-methyl/N-ethyl adjacent to an activating group) is 1. The largest absolute Gasteiger partial charge is 0.473 e. The second kappa shape index (κ2) is 9.45. The first-order chi connectivity index (χ1) is 13.3. The van der Waals surface area contributed by atoms with Crippen molar-refractivity contribution in [2.24, 2.45) is 0 Å². The molecule has 1 heterocycles. The van der Waals surface area contributed by atoms with Gasteiger partial charge in [0.05, 0.1) is 6.61 Å². The number of nitrogens with zero attached hydrogens (tertiary/aromatic N) is 1. The number of carboxylic acids is 2. The molecule has 0 aromatic heterocycles. The van der Waals surface area contributed by atoms with Gasteiger partial charge < -0.3 is 24.6 Å². The van der Waals surface area contributed by atoms with E-state index in [1.54, 1.807) is 0 Å². The summed E-state index contributed by atoms with van der Waals surface area (Å²) in [7, 11) is 4.14. The van der Waals surface area contributed by atoms with Crippen LogP contribution in [0, 0.1) is 0 Å². The molecule has 28 heavy (non-hydrogen) atoms. The summed E-state index contributed by atoms with van der Waals surface area (Å²) < 4.78 is 12.7. The molecule has 0 bridgehead atoms. The predicted octanol–water partition coefficient (Wildman–Crippen LogP) is 2.41. The van der Waals surface area contributed by atoms with Crippen molar-refractivity contribution >= 4 is 11.9 Å². The van der Waals surface area contributed by atoms with Gasteiger partial charge in [0.1, 0.15) is 6.10 Å². The summed E-state index contributed by atoms with van der Waals surface area (Å²) in [5.41, 5.74) is 2.07. The molecule has 1 fully saturated rings. The Labute approximate surface area is 164 Å². The normalized spacial score (nSPS) is 18.8. The second-order valence-corrected chi connectivity index (χ2v) is 6.63. The van der Waals surface area contributed by atoms with E-state index in [1.165, 1.54) is 0 Å². The Hall–Kier alpha value is -2.74. The molecule has 0 radical (unpaired) electrons. The van der Waals surface area contributed by atoms with Crippen molar-refractivity contribution in [1.82, 2.24) is 4.90 Å². The van der Waals surface area contributed by atoms with Gasteiger partial charge in [-0.1, -0.05) is 60.7 Å². The Morgan fingerprint density at radius 1 is 0.964 bits per heavy atom. The van der Waals surface area contributed by atoms with Crippen molar-refractivity contribution in [2.45, 2.75) is 24.9 Å². The number of rotatable bonds is 4. The standard InChI is InChI=1S/C19H23NO2.C2H2O4/c1-15(20(2)3)18-14-21-19(22-18,16-10-6-4-7-11-16)17-12-8-5-9-13-17;3-1(4)2(5)6/h4-13,15,18H,14H2,1-3H3;(H,3,4)(H,5,6)/t15-,18?;/m1./s1. The Morgan fingerprint density at radius 2 is 1.39 bits per heavy atom. The Balaban J connectivity index is 0.000000409. The monoisotopic (exact) mass is 387 g/mol. The highest BCUT2D eigenvalue weighted by molar-refractivity contribution is 6.27. The van der Waals surface area contributed by atoms with Crippen molar-refractivity contribution in [3.05, 3.63) is 71.8 Å². The van der Waals surface area contributed by atoms with Crippen LogP contribution in [-0.4, -0.2) is 59.9 Å². The molecule has 2 N–H and O–H groups in total. The summed E-state index contributed by atoms with van der Waals surface area (Å²) in [5, 5.41) is 14.8. The maximum Gasteiger partial charge on any atom is 0.414 e. The molecule has 2 aromatic rings. The van der Waals surface area contributed by atoms with Gasteiger partial charge in [0.25, 0.3) is 0 Å². The van der Waals surface area contributed by atoms with Crippen molar-refractivity contribution < 1.29 is 29.3 Å². The fourth-order valence-electron chi connectivity index (χ4n) is 2.84. The van der Waals surface area contributed by atoms with Crippen LogP contribution in [0.2, 0.25) is 0 Å². The topological polar surface area (TPSA) is 96.3 Å². The molecular formula is C21H25NO6. The van der Waals surface area contributed by atoms with Gasteiger partial charge >= 0.3 is 11.9 Å². The lowest BCUT2D eigenvalue weighted by atomic mass is 9.97. The number of carbonyl (C=O) groups is 2. The molecule has 150 valence electrons. The molecule has 1 unspecified atom stereocenters. The number of aliphatic carboxylic acids is 2. The number of hydrogen-bond acceptors (Lipinski definition) is 5. The van der Waals surface area contributed by atoms with E-state index in [-0.39, 0.29) is 12.1 Å². The Morgan fingerprint density at radius 3 is 1.75 bits per heavy atom. The molecule has 2 atom stereocenters. The van der Waals surface area contributed by atoms with Gasteiger partial charge in [0, 0.05) is 17.2 Å². The van der Waals surface area contributed by atoms with Crippen LogP contribution in [0.4, 0.5) is 0 Å². The number of ether oxygens (including phenoxy) is 2. The van der Waals surface area contributed by atoms with Crippen molar-refractivity contribution in [3.63, 3.8) is 0 Å².